The Morgan fingerprint density at radius 1 is 1.07 bits per heavy atom. The number of furan rings is 1. The summed E-state index contributed by atoms with van der Waals surface area (Å²) in [6, 6.07) is 18.7. The van der Waals surface area contributed by atoms with Gasteiger partial charge in [0.15, 0.2) is 5.11 Å². The summed E-state index contributed by atoms with van der Waals surface area (Å²) in [4.78, 5) is 12.0. The maximum absolute atomic E-state index is 12.0. The van der Waals surface area contributed by atoms with Crippen LogP contribution in [0.4, 0.5) is 5.69 Å². The first-order chi connectivity index (χ1) is 13.0. The maximum Gasteiger partial charge on any atom is 0.250 e. The van der Waals surface area contributed by atoms with E-state index in [0.29, 0.717) is 16.5 Å². The molecule has 0 radical (unpaired) electrons. The number of benzene rings is 2. The Labute approximate surface area is 167 Å². The molecule has 3 aromatic rings. The number of anilines is 1. The van der Waals surface area contributed by atoms with Gasteiger partial charge in [-0.15, -0.1) is 0 Å². The minimum Gasteiger partial charge on any atom is -0.457 e. The van der Waals surface area contributed by atoms with Crippen molar-refractivity contribution in [1.29, 1.82) is 0 Å². The number of hydrogen-bond donors (Lipinski definition) is 2. The highest BCUT2D eigenvalue weighted by Gasteiger charge is 2.05. The Hall–Kier alpha value is -2.89. The molecule has 0 unspecified atom stereocenters. The number of carbonyl (C=O) groups excluding carboxylic acids is 1. The number of halogens is 1. The van der Waals surface area contributed by atoms with Gasteiger partial charge in [0.25, 0.3) is 0 Å². The Morgan fingerprint density at radius 2 is 1.81 bits per heavy atom. The number of para-hydroxylation sites is 1. The van der Waals surface area contributed by atoms with E-state index in [1.165, 1.54) is 6.08 Å². The highest BCUT2D eigenvalue weighted by molar-refractivity contribution is 7.80. The Bertz CT molecular complexity index is 993. The quantitative estimate of drug-likeness (QED) is 0.455. The van der Waals surface area contributed by atoms with Crippen molar-refractivity contribution in [1.82, 2.24) is 5.32 Å². The molecule has 0 saturated carbocycles. The maximum atomic E-state index is 12.0. The second kappa shape index (κ2) is 8.66. The zero-order valence-corrected chi connectivity index (χ0v) is 16.1. The van der Waals surface area contributed by atoms with Gasteiger partial charge in [-0.1, -0.05) is 29.8 Å². The van der Waals surface area contributed by atoms with Gasteiger partial charge in [-0.3, -0.25) is 10.1 Å². The van der Waals surface area contributed by atoms with Crippen LogP contribution in [0.5, 0.6) is 0 Å². The Morgan fingerprint density at radius 3 is 2.56 bits per heavy atom. The summed E-state index contributed by atoms with van der Waals surface area (Å²) in [5, 5.41) is 6.51. The lowest BCUT2D eigenvalue weighted by Gasteiger charge is -2.10. The van der Waals surface area contributed by atoms with Crippen LogP contribution in [0.1, 0.15) is 11.3 Å². The van der Waals surface area contributed by atoms with E-state index in [-0.39, 0.29) is 11.0 Å². The molecule has 3 rings (SSSR count). The van der Waals surface area contributed by atoms with Gasteiger partial charge in [0, 0.05) is 22.3 Å². The van der Waals surface area contributed by atoms with Gasteiger partial charge >= 0.3 is 0 Å². The molecule has 0 bridgehead atoms. The van der Waals surface area contributed by atoms with Crippen molar-refractivity contribution in [3.63, 3.8) is 0 Å². The van der Waals surface area contributed by atoms with Crippen molar-refractivity contribution in [2.24, 2.45) is 0 Å². The summed E-state index contributed by atoms with van der Waals surface area (Å²) in [5.74, 6) is 0.918. The van der Waals surface area contributed by atoms with Crippen LogP contribution in [0.15, 0.2) is 71.2 Å². The topological polar surface area (TPSA) is 54.3 Å². The van der Waals surface area contributed by atoms with Crippen LogP contribution in [-0.4, -0.2) is 11.0 Å². The molecule has 1 heterocycles. The third-order valence-corrected chi connectivity index (χ3v) is 4.24. The number of amides is 1. The molecule has 2 N–H and O–H groups in total. The lowest BCUT2D eigenvalue weighted by Crippen LogP contribution is -2.33. The van der Waals surface area contributed by atoms with E-state index in [4.69, 9.17) is 28.2 Å². The molecule has 0 aliphatic carbocycles. The molecular weight excluding hydrogens is 380 g/mol. The number of aryl methyl sites for hydroxylation is 1. The summed E-state index contributed by atoms with van der Waals surface area (Å²) >= 11 is 11.1. The fourth-order valence-electron chi connectivity index (χ4n) is 2.39. The molecule has 6 heteroatoms. The highest BCUT2D eigenvalue weighted by Crippen LogP contribution is 2.24. The first-order valence-electron chi connectivity index (χ1n) is 8.23. The van der Waals surface area contributed by atoms with Gasteiger partial charge in [0.2, 0.25) is 5.91 Å². The van der Waals surface area contributed by atoms with Gasteiger partial charge in [0.05, 0.1) is 0 Å². The van der Waals surface area contributed by atoms with E-state index in [2.05, 4.69) is 10.6 Å². The molecule has 27 heavy (non-hydrogen) atoms. The van der Waals surface area contributed by atoms with Crippen molar-refractivity contribution in [2.75, 3.05) is 5.32 Å². The number of nitrogens with one attached hydrogen (secondary N) is 2. The first-order valence-corrected chi connectivity index (χ1v) is 9.01. The van der Waals surface area contributed by atoms with Crippen LogP contribution in [0.3, 0.4) is 0 Å². The molecule has 0 atom stereocenters. The van der Waals surface area contributed by atoms with Gasteiger partial charge < -0.3 is 9.73 Å². The third-order valence-electron chi connectivity index (χ3n) is 3.78. The molecule has 0 fully saturated rings. The molecule has 0 spiro atoms. The Kier molecular flexibility index (Phi) is 6.06. The molecule has 136 valence electrons. The van der Waals surface area contributed by atoms with E-state index in [0.717, 1.165) is 16.8 Å². The van der Waals surface area contributed by atoms with Crippen LogP contribution in [0.2, 0.25) is 5.02 Å². The summed E-state index contributed by atoms with van der Waals surface area (Å²) in [7, 11) is 0. The van der Waals surface area contributed by atoms with E-state index >= 15 is 0 Å². The molecule has 0 aliphatic heterocycles. The lowest BCUT2D eigenvalue weighted by molar-refractivity contribution is -0.115. The van der Waals surface area contributed by atoms with Crippen molar-refractivity contribution in [2.45, 2.75) is 6.92 Å². The highest BCUT2D eigenvalue weighted by atomic mass is 35.5. The molecule has 0 aliphatic rings. The van der Waals surface area contributed by atoms with E-state index in [1.54, 1.807) is 24.3 Å². The van der Waals surface area contributed by atoms with Crippen molar-refractivity contribution >= 4 is 46.6 Å². The molecule has 1 amide bonds. The SMILES string of the molecule is Cc1ccccc1NC(=S)NC(=O)C=Cc1ccc(-c2ccc(Cl)cc2)o1. The normalized spacial score (nSPS) is 10.7. The smallest absolute Gasteiger partial charge is 0.250 e. The van der Waals surface area contributed by atoms with Gasteiger partial charge in [-0.2, -0.15) is 0 Å². The van der Waals surface area contributed by atoms with Crippen molar-refractivity contribution in [3.8, 4) is 11.3 Å². The first kappa shape index (κ1) is 18.9. The summed E-state index contributed by atoms with van der Waals surface area (Å²) in [5.41, 5.74) is 2.80. The minimum atomic E-state index is -0.342. The summed E-state index contributed by atoms with van der Waals surface area (Å²) < 4.78 is 5.72. The fraction of sp³-hybridized carbons (Fsp3) is 0.0476. The standard InChI is InChI=1S/C21H17ClN2O2S/c1-14-4-2-3-5-18(14)23-21(27)24-20(25)13-11-17-10-12-19(26-17)15-6-8-16(22)9-7-15/h2-13H,1H3,(H2,23,24,25,27). The van der Waals surface area contributed by atoms with Crippen LogP contribution in [-0.2, 0) is 4.79 Å². The zero-order chi connectivity index (χ0) is 19.2. The number of thiocarbonyl (C=S) groups is 1. The second-order valence-corrected chi connectivity index (χ2v) is 6.65. The van der Waals surface area contributed by atoms with Crippen LogP contribution >= 0.6 is 23.8 Å². The lowest BCUT2D eigenvalue weighted by atomic mass is 10.2. The molecule has 0 saturated heterocycles. The minimum absolute atomic E-state index is 0.236. The van der Waals surface area contributed by atoms with Crippen LogP contribution in [0.25, 0.3) is 17.4 Å². The van der Waals surface area contributed by atoms with Crippen LogP contribution < -0.4 is 10.6 Å². The summed E-state index contributed by atoms with van der Waals surface area (Å²) in [6.07, 6.45) is 2.96. The molecule has 2 aromatic carbocycles. The monoisotopic (exact) mass is 396 g/mol. The van der Waals surface area contributed by atoms with Gasteiger partial charge in [-0.05, 0) is 73.2 Å². The number of hydrogen-bond acceptors (Lipinski definition) is 3. The summed E-state index contributed by atoms with van der Waals surface area (Å²) in [6.45, 7) is 1.96. The molecule has 4 nitrogen and oxygen atoms in total. The predicted octanol–water partition coefficient (Wildman–Crippen LogP) is 5.43. The average Bonchev–Trinajstić information content (AvgIpc) is 3.11. The molecular formula is C21H17ClN2O2S. The third kappa shape index (κ3) is 5.29. The van der Waals surface area contributed by atoms with E-state index in [9.17, 15) is 4.79 Å². The number of carbonyl (C=O) groups is 1. The van der Waals surface area contributed by atoms with E-state index < -0.39 is 0 Å². The number of rotatable bonds is 4. The largest absolute Gasteiger partial charge is 0.457 e. The zero-order valence-electron chi connectivity index (χ0n) is 14.5. The second-order valence-electron chi connectivity index (χ2n) is 5.80. The van der Waals surface area contributed by atoms with Gasteiger partial charge in [-0.25, -0.2) is 0 Å². The fourth-order valence-corrected chi connectivity index (χ4v) is 2.73. The predicted molar refractivity (Wildman–Crippen MR) is 114 cm³/mol. The average molecular weight is 397 g/mol. The molecule has 1 aromatic heterocycles. The van der Waals surface area contributed by atoms with E-state index in [1.807, 2.05) is 49.4 Å². The van der Waals surface area contributed by atoms with Crippen molar-refractivity contribution < 1.29 is 9.21 Å². The Balaban J connectivity index is 1.58. The van der Waals surface area contributed by atoms with Crippen molar-refractivity contribution in [3.05, 3.63) is 83.1 Å². The van der Waals surface area contributed by atoms with Crippen LogP contribution in [0, 0.1) is 6.92 Å². The van der Waals surface area contributed by atoms with Gasteiger partial charge in [0.1, 0.15) is 11.5 Å².